The molecule has 1 heterocycles. The number of nitrogens with zero attached hydrogens (tertiary/aromatic N) is 2. The lowest BCUT2D eigenvalue weighted by Gasteiger charge is -2.03. The van der Waals surface area contributed by atoms with E-state index in [-0.39, 0.29) is 5.57 Å². The number of hydrogen-bond donors (Lipinski definition) is 1. The zero-order valence-electron chi connectivity index (χ0n) is 8.60. The minimum absolute atomic E-state index is 0.00357. The number of para-hydroxylation sites is 1. The van der Waals surface area contributed by atoms with Crippen LogP contribution in [0, 0.1) is 0 Å². The first-order valence-electron chi connectivity index (χ1n) is 4.72. The van der Waals surface area contributed by atoms with Gasteiger partial charge in [0.15, 0.2) is 0 Å². The second-order valence-corrected chi connectivity index (χ2v) is 3.29. The van der Waals surface area contributed by atoms with Crippen LogP contribution in [-0.2, 0) is 9.59 Å². The van der Waals surface area contributed by atoms with E-state index >= 15 is 0 Å². The van der Waals surface area contributed by atoms with Gasteiger partial charge in [0.2, 0.25) is 0 Å². The van der Waals surface area contributed by atoms with Gasteiger partial charge in [-0.2, -0.15) is 5.11 Å². The topological polar surface area (TPSA) is 70.9 Å². The molecule has 0 atom stereocenters. The number of nitrogens with one attached hydrogen (secondary N) is 1. The van der Waals surface area contributed by atoms with E-state index in [4.69, 9.17) is 0 Å². The van der Waals surface area contributed by atoms with E-state index in [2.05, 4.69) is 15.5 Å². The molecule has 0 aliphatic carbocycles. The molecule has 0 aromatic heterocycles. The molecular weight excluding hydrogens is 206 g/mol. The Kier molecular flexibility index (Phi) is 2.59. The highest BCUT2D eigenvalue weighted by molar-refractivity contribution is 6.24. The maximum absolute atomic E-state index is 11.7. The first-order valence-corrected chi connectivity index (χ1v) is 4.72. The summed E-state index contributed by atoms with van der Waals surface area (Å²) in [5.41, 5.74) is 0.981. The van der Waals surface area contributed by atoms with Gasteiger partial charge in [0, 0.05) is 5.69 Å². The number of benzene rings is 1. The predicted molar refractivity (Wildman–Crippen MR) is 57.6 cm³/mol. The third-order valence-corrected chi connectivity index (χ3v) is 2.13. The second-order valence-electron chi connectivity index (χ2n) is 3.29. The van der Waals surface area contributed by atoms with Crippen molar-refractivity contribution in [2.24, 2.45) is 10.2 Å². The number of hydrogen-bond acceptors (Lipinski definition) is 3. The molecule has 16 heavy (non-hydrogen) atoms. The van der Waals surface area contributed by atoms with Crippen molar-refractivity contribution < 1.29 is 9.59 Å². The predicted octanol–water partition coefficient (Wildman–Crippen LogP) is 1.89. The molecule has 80 valence electrons. The fourth-order valence-electron chi connectivity index (χ4n) is 1.35. The highest BCUT2D eigenvalue weighted by Gasteiger charge is 2.25. The van der Waals surface area contributed by atoms with Gasteiger partial charge >= 0.3 is 5.91 Å². The minimum Gasteiger partial charge on any atom is -0.322 e. The average Bonchev–Trinajstić information content (AvgIpc) is 2.60. The minimum atomic E-state index is -0.592. The van der Waals surface area contributed by atoms with E-state index in [0.29, 0.717) is 11.4 Å². The largest absolute Gasteiger partial charge is 0.322 e. The quantitative estimate of drug-likeness (QED) is 0.765. The zero-order valence-corrected chi connectivity index (χ0v) is 8.60. The van der Waals surface area contributed by atoms with Gasteiger partial charge in [-0.15, -0.1) is 5.11 Å². The van der Waals surface area contributed by atoms with E-state index in [9.17, 15) is 9.59 Å². The molecule has 0 saturated carbocycles. The molecule has 0 unspecified atom stereocenters. The van der Waals surface area contributed by atoms with Crippen molar-refractivity contribution in [3.05, 3.63) is 41.6 Å². The Morgan fingerprint density at radius 2 is 1.88 bits per heavy atom. The molecule has 0 bridgehead atoms. The Hall–Kier alpha value is -2.30. The molecule has 1 aliphatic rings. The Balaban J connectivity index is 2.17. The monoisotopic (exact) mass is 215 g/mol. The lowest BCUT2D eigenvalue weighted by Crippen LogP contribution is -2.18. The van der Waals surface area contributed by atoms with Crippen LogP contribution in [0.2, 0.25) is 0 Å². The third-order valence-electron chi connectivity index (χ3n) is 2.13. The van der Waals surface area contributed by atoms with E-state index in [1.807, 2.05) is 6.07 Å². The van der Waals surface area contributed by atoms with Crippen molar-refractivity contribution >= 4 is 17.5 Å². The van der Waals surface area contributed by atoms with Gasteiger partial charge in [-0.05, 0) is 19.1 Å². The van der Waals surface area contributed by atoms with Gasteiger partial charge in [-0.1, -0.05) is 18.2 Å². The molecule has 5 nitrogen and oxygen atoms in total. The summed E-state index contributed by atoms with van der Waals surface area (Å²) < 4.78 is 0. The number of azo groups is 1. The molecule has 1 aliphatic heterocycles. The smallest absolute Gasteiger partial charge is 0.302 e. The third kappa shape index (κ3) is 1.88. The summed E-state index contributed by atoms with van der Waals surface area (Å²) in [5.74, 6) is -1.07. The van der Waals surface area contributed by atoms with Gasteiger partial charge < -0.3 is 5.32 Å². The van der Waals surface area contributed by atoms with Crippen LogP contribution in [0.5, 0.6) is 0 Å². The van der Waals surface area contributed by atoms with Crippen molar-refractivity contribution in [3.8, 4) is 0 Å². The van der Waals surface area contributed by atoms with E-state index in [0.717, 1.165) is 0 Å². The lowest BCUT2D eigenvalue weighted by atomic mass is 10.2. The van der Waals surface area contributed by atoms with Gasteiger partial charge in [-0.25, -0.2) is 0 Å². The van der Waals surface area contributed by atoms with Gasteiger partial charge in [0.1, 0.15) is 5.57 Å². The molecule has 0 radical (unpaired) electrons. The maximum atomic E-state index is 11.7. The SMILES string of the molecule is CC1=C(C(=O)Nc2ccccc2)C(=O)N=N1. The molecule has 1 aromatic carbocycles. The fraction of sp³-hybridized carbons (Fsp3) is 0.0909. The molecule has 0 fully saturated rings. The normalized spacial score (nSPS) is 14.4. The van der Waals surface area contributed by atoms with E-state index in [1.54, 1.807) is 31.2 Å². The van der Waals surface area contributed by atoms with Gasteiger partial charge in [0.05, 0.1) is 5.70 Å². The summed E-state index contributed by atoms with van der Waals surface area (Å²) in [6, 6.07) is 8.90. The Labute approximate surface area is 91.9 Å². The first-order chi connectivity index (χ1) is 7.68. The Bertz CT molecular complexity index is 503. The van der Waals surface area contributed by atoms with Crippen molar-refractivity contribution in [3.63, 3.8) is 0 Å². The number of anilines is 1. The van der Waals surface area contributed by atoms with E-state index < -0.39 is 11.8 Å². The fourth-order valence-corrected chi connectivity index (χ4v) is 1.35. The molecule has 2 rings (SSSR count). The number of amides is 2. The summed E-state index contributed by atoms with van der Waals surface area (Å²) in [7, 11) is 0. The lowest BCUT2D eigenvalue weighted by molar-refractivity contribution is -0.119. The molecule has 1 aromatic rings. The highest BCUT2D eigenvalue weighted by Crippen LogP contribution is 2.17. The average molecular weight is 215 g/mol. The highest BCUT2D eigenvalue weighted by atomic mass is 16.2. The van der Waals surface area contributed by atoms with Crippen LogP contribution in [0.15, 0.2) is 51.8 Å². The van der Waals surface area contributed by atoms with Crippen LogP contribution < -0.4 is 5.32 Å². The first kappa shape index (κ1) is 10.2. The van der Waals surface area contributed by atoms with Crippen LogP contribution >= 0.6 is 0 Å². The number of carbonyl (C=O) groups is 2. The van der Waals surface area contributed by atoms with Crippen molar-refractivity contribution in [1.29, 1.82) is 0 Å². The molecule has 0 saturated heterocycles. The zero-order chi connectivity index (χ0) is 11.5. The summed E-state index contributed by atoms with van der Waals surface area (Å²) in [6.45, 7) is 1.58. The van der Waals surface area contributed by atoms with Crippen molar-refractivity contribution in [1.82, 2.24) is 0 Å². The maximum Gasteiger partial charge on any atom is 0.302 e. The summed E-state index contributed by atoms with van der Waals surface area (Å²) in [6.07, 6.45) is 0. The molecular formula is C11H9N3O2. The van der Waals surface area contributed by atoms with Crippen molar-refractivity contribution in [2.45, 2.75) is 6.92 Å². The summed E-state index contributed by atoms with van der Waals surface area (Å²) in [5, 5.41) is 9.48. The molecule has 5 heteroatoms. The van der Waals surface area contributed by atoms with Crippen LogP contribution in [0.1, 0.15) is 6.92 Å². The van der Waals surface area contributed by atoms with Crippen molar-refractivity contribution in [2.75, 3.05) is 5.32 Å². The molecule has 1 N–H and O–H groups in total. The summed E-state index contributed by atoms with van der Waals surface area (Å²) >= 11 is 0. The number of carbonyl (C=O) groups excluding carboxylic acids is 2. The van der Waals surface area contributed by atoms with Crippen LogP contribution in [0.3, 0.4) is 0 Å². The Morgan fingerprint density at radius 1 is 1.19 bits per heavy atom. The second kappa shape index (κ2) is 4.06. The molecule has 0 spiro atoms. The summed E-state index contributed by atoms with van der Waals surface area (Å²) in [4.78, 5) is 23.0. The van der Waals surface area contributed by atoms with Crippen LogP contribution in [0.25, 0.3) is 0 Å². The Morgan fingerprint density at radius 3 is 2.44 bits per heavy atom. The van der Waals surface area contributed by atoms with E-state index in [1.165, 1.54) is 0 Å². The number of rotatable bonds is 2. The van der Waals surface area contributed by atoms with Gasteiger partial charge in [-0.3, -0.25) is 9.59 Å². The van der Waals surface area contributed by atoms with Crippen LogP contribution in [-0.4, -0.2) is 11.8 Å². The van der Waals surface area contributed by atoms with Gasteiger partial charge in [0.25, 0.3) is 5.91 Å². The number of allylic oxidation sites excluding steroid dienone is 1. The van der Waals surface area contributed by atoms with Crippen LogP contribution in [0.4, 0.5) is 5.69 Å². The molecule has 2 amide bonds. The standard InChI is InChI=1S/C11H9N3O2/c1-7-9(11(16)14-13-7)10(15)12-8-5-3-2-4-6-8/h2-6H,1H3,(H,12,15).